The third-order valence-corrected chi connectivity index (χ3v) is 3.09. The summed E-state index contributed by atoms with van der Waals surface area (Å²) < 4.78 is 25.4. The van der Waals surface area contributed by atoms with Crippen molar-refractivity contribution >= 4 is 23.9 Å². The molecule has 0 atom stereocenters. The van der Waals surface area contributed by atoms with Gasteiger partial charge in [-0.3, -0.25) is 0 Å². The third kappa shape index (κ3) is 30.7. The second-order valence-corrected chi connectivity index (χ2v) is 6.84. The first-order valence-corrected chi connectivity index (χ1v) is 10.4. The van der Waals surface area contributed by atoms with E-state index in [9.17, 15) is 19.2 Å². The molecule has 0 bridgehead atoms. The van der Waals surface area contributed by atoms with Crippen LogP contribution >= 0.6 is 0 Å². The molecule has 2 N–H and O–H groups in total. The van der Waals surface area contributed by atoms with Gasteiger partial charge in [0.1, 0.15) is 13.2 Å². The molecule has 0 aliphatic rings. The van der Waals surface area contributed by atoms with Gasteiger partial charge in [0, 0.05) is 22.3 Å². The Balaban J connectivity index is -0.000000697. The lowest BCUT2D eigenvalue weighted by Crippen LogP contribution is -2.15. The van der Waals surface area contributed by atoms with Crippen molar-refractivity contribution in [3.8, 4) is 0 Å². The maximum Gasteiger partial charge on any atom is 0.333 e. The van der Waals surface area contributed by atoms with Crippen molar-refractivity contribution in [2.75, 3.05) is 52.9 Å². The van der Waals surface area contributed by atoms with Gasteiger partial charge >= 0.3 is 23.9 Å². The van der Waals surface area contributed by atoms with E-state index in [-0.39, 0.29) is 24.4 Å². The molecule has 11 nitrogen and oxygen atoms in total. The molecule has 0 spiro atoms. The second kappa shape index (κ2) is 23.9. The van der Waals surface area contributed by atoms with E-state index in [1.54, 1.807) is 13.8 Å². The summed E-state index contributed by atoms with van der Waals surface area (Å²) in [4.78, 5) is 41.3. The Morgan fingerprint density at radius 3 is 0.857 bits per heavy atom. The van der Waals surface area contributed by atoms with Gasteiger partial charge in [0.2, 0.25) is 0 Å². The van der Waals surface area contributed by atoms with Gasteiger partial charge in [-0.15, -0.1) is 0 Å². The molecule has 0 rings (SSSR count). The van der Waals surface area contributed by atoms with Crippen LogP contribution in [0.4, 0.5) is 0 Å². The fraction of sp³-hybridized carbons (Fsp3) is 0.500. The molecule has 200 valence electrons. The molecular weight excluding hydrogens is 464 g/mol. The summed E-state index contributed by atoms with van der Waals surface area (Å²) >= 11 is 0. The highest BCUT2D eigenvalue weighted by Gasteiger charge is 2.02. The maximum absolute atomic E-state index is 11.0. The van der Waals surface area contributed by atoms with Gasteiger partial charge in [-0.2, -0.15) is 0 Å². The van der Waals surface area contributed by atoms with Gasteiger partial charge in [-0.25, -0.2) is 19.2 Å². The molecule has 11 heteroatoms. The van der Waals surface area contributed by atoms with Gasteiger partial charge in [-0.1, -0.05) is 26.3 Å². The molecule has 0 heterocycles. The monoisotopic (exact) mass is 502 g/mol. The van der Waals surface area contributed by atoms with E-state index < -0.39 is 23.9 Å². The van der Waals surface area contributed by atoms with Crippen molar-refractivity contribution in [3.63, 3.8) is 0 Å². The van der Waals surface area contributed by atoms with Crippen molar-refractivity contribution in [2.45, 2.75) is 27.7 Å². The molecule has 0 aromatic rings. The lowest BCUT2D eigenvalue weighted by molar-refractivity contribution is -0.141. The van der Waals surface area contributed by atoms with Gasteiger partial charge < -0.3 is 33.9 Å². The number of hydrogen-bond donors (Lipinski definition) is 2. The molecule has 0 aliphatic carbocycles. The molecular formula is C24H38O11. The minimum atomic E-state index is -0.935. The average Bonchev–Trinajstić information content (AvgIpc) is 2.76. The zero-order chi connectivity index (χ0) is 27.8. The predicted octanol–water partition coefficient (Wildman–Crippen LogP) is 2.57. The van der Waals surface area contributed by atoms with Crippen molar-refractivity contribution < 1.29 is 53.1 Å². The molecule has 0 unspecified atom stereocenters. The fourth-order valence-electron chi connectivity index (χ4n) is 1.17. The Morgan fingerprint density at radius 2 is 0.686 bits per heavy atom. The SMILES string of the molecule is C=C(C)C(=O)O.C=C(C)C(=O)O.C=C(C)C(=O)OCCOCCOCCOCCOC(=O)C(=C)C. The highest BCUT2D eigenvalue weighted by Crippen LogP contribution is 1.93. The Morgan fingerprint density at radius 1 is 0.486 bits per heavy atom. The fourth-order valence-corrected chi connectivity index (χ4v) is 1.17. The van der Waals surface area contributed by atoms with Gasteiger partial charge in [-0.05, 0) is 27.7 Å². The first kappa shape index (κ1) is 36.3. The standard InChI is InChI=1S/C16H26O7.2C4H6O2/c1-13(2)15(17)22-11-9-20-7-5-19-6-8-21-10-12-23-16(18)14(3)4;2*1-3(2)4(5)6/h1,3,5-12H2,2,4H3;2*1H2,2H3,(H,5,6). The zero-order valence-corrected chi connectivity index (χ0v) is 21.1. The number of rotatable bonds is 16. The van der Waals surface area contributed by atoms with E-state index in [1.165, 1.54) is 13.8 Å². The molecule has 0 aliphatic heterocycles. The van der Waals surface area contributed by atoms with Crippen LogP contribution in [0, 0.1) is 0 Å². The van der Waals surface area contributed by atoms with Crippen LogP contribution in [0.25, 0.3) is 0 Å². The molecule has 0 amide bonds. The minimum Gasteiger partial charge on any atom is -0.478 e. The zero-order valence-electron chi connectivity index (χ0n) is 21.1. The Labute approximate surface area is 206 Å². The summed E-state index contributed by atoms with van der Waals surface area (Å²) in [6.45, 7) is 22.0. The van der Waals surface area contributed by atoms with Crippen LogP contribution in [-0.4, -0.2) is 86.9 Å². The van der Waals surface area contributed by atoms with E-state index in [1.807, 2.05) is 0 Å². The molecule has 0 radical (unpaired) electrons. The van der Waals surface area contributed by atoms with Crippen LogP contribution in [-0.2, 0) is 42.9 Å². The van der Waals surface area contributed by atoms with E-state index in [2.05, 4.69) is 26.3 Å². The van der Waals surface area contributed by atoms with Gasteiger partial charge in [0.05, 0.1) is 39.6 Å². The predicted molar refractivity (Wildman–Crippen MR) is 129 cm³/mol. The normalized spacial score (nSPS) is 9.26. The molecule has 0 fully saturated rings. The molecule has 0 saturated heterocycles. The second-order valence-electron chi connectivity index (χ2n) is 6.84. The summed E-state index contributed by atoms with van der Waals surface area (Å²) in [6.07, 6.45) is 0. The number of hydrogen-bond acceptors (Lipinski definition) is 9. The Bertz CT molecular complexity index is 639. The Kier molecular flexibility index (Phi) is 24.7. The number of ether oxygens (including phenoxy) is 5. The maximum atomic E-state index is 11.0. The van der Waals surface area contributed by atoms with Crippen molar-refractivity contribution in [2.24, 2.45) is 0 Å². The van der Waals surface area contributed by atoms with E-state index in [0.29, 0.717) is 50.8 Å². The van der Waals surface area contributed by atoms with Crippen molar-refractivity contribution in [1.82, 2.24) is 0 Å². The summed E-state index contributed by atoms with van der Waals surface area (Å²) in [5.74, 6) is -2.71. The lowest BCUT2D eigenvalue weighted by atomic mass is 10.4. The van der Waals surface area contributed by atoms with Crippen LogP contribution < -0.4 is 0 Å². The summed E-state index contributed by atoms with van der Waals surface area (Å²) in [7, 11) is 0. The Hall–Kier alpha value is -3.28. The summed E-state index contributed by atoms with van der Waals surface area (Å²) in [5, 5.41) is 15.8. The first-order valence-electron chi connectivity index (χ1n) is 10.4. The molecule has 0 aromatic carbocycles. The number of carbonyl (C=O) groups is 4. The number of carbonyl (C=O) groups excluding carboxylic acids is 2. The quantitative estimate of drug-likeness (QED) is 0.182. The van der Waals surface area contributed by atoms with E-state index >= 15 is 0 Å². The van der Waals surface area contributed by atoms with Crippen molar-refractivity contribution in [3.05, 3.63) is 48.6 Å². The number of esters is 2. The van der Waals surface area contributed by atoms with Crippen LogP contribution in [0.1, 0.15) is 27.7 Å². The molecule has 0 aromatic heterocycles. The van der Waals surface area contributed by atoms with Crippen LogP contribution in [0.15, 0.2) is 48.6 Å². The molecule has 35 heavy (non-hydrogen) atoms. The van der Waals surface area contributed by atoms with Gasteiger partial charge in [0.25, 0.3) is 0 Å². The smallest absolute Gasteiger partial charge is 0.333 e. The average molecular weight is 503 g/mol. The largest absolute Gasteiger partial charge is 0.478 e. The highest BCUT2D eigenvalue weighted by atomic mass is 16.6. The van der Waals surface area contributed by atoms with Gasteiger partial charge in [0.15, 0.2) is 0 Å². The van der Waals surface area contributed by atoms with Crippen LogP contribution in [0.5, 0.6) is 0 Å². The first-order chi connectivity index (χ1) is 16.2. The lowest BCUT2D eigenvalue weighted by Gasteiger charge is -2.08. The summed E-state index contributed by atoms with van der Waals surface area (Å²) in [6, 6.07) is 0. The highest BCUT2D eigenvalue weighted by molar-refractivity contribution is 5.87. The molecule has 0 saturated carbocycles. The number of carboxylic acids is 2. The topological polar surface area (TPSA) is 155 Å². The number of aliphatic carboxylic acids is 2. The van der Waals surface area contributed by atoms with E-state index in [4.69, 9.17) is 33.9 Å². The van der Waals surface area contributed by atoms with E-state index in [0.717, 1.165) is 0 Å². The minimum absolute atomic E-state index is 0.176. The van der Waals surface area contributed by atoms with Crippen molar-refractivity contribution in [1.29, 1.82) is 0 Å². The van der Waals surface area contributed by atoms with Crippen LogP contribution in [0.3, 0.4) is 0 Å². The third-order valence-electron chi connectivity index (χ3n) is 3.09. The summed E-state index contributed by atoms with van der Waals surface area (Å²) in [5.41, 5.74) is 1.08. The number of carboxylic acid groups (broad SMARTS) is 2. The van der Waals surface area contributed by atoms with Crippen LogP contribution in [0.2, 0.25) is 0 Å².